The number of rotatable bonds is 9. The van der Waals surface area contributed by atoms with Crippen molar-refractivity contribution >= 4 is 29.9 Å². The Bertz CT molecular complexity index is 188. The maximum atomic E-state index is 5.82. The van der Waals surface area contributed by atoms with Crippen LogP contribution < -0.4 is 5.73 Å². The number of nitrogens with two attached hydrogens (primary N) is 1. The van der Waals surface area contributed by atoms with Gasteiger partial charge >= 0.3 is 0 Å². The second-order valence-corrected chi connectivity index (χ2v) is 3.37. The van der Waals surface area contributed by atoms with E-state index in [1.165, 1.54) is 0 Å². The van der Waals surface area contributed by atoms with Crippen LogP contribution in [-0.2, 0) is 9.47 Å². The molecular formula is C11H26IN3O2. The first-order chi connectivity index (χ1) is 7.76. The highest BCUT2D eigenvalue weighted by Crippen LogP contribution is 1.89. The van der Waals surface area contributed by atoms with E-state index in [9.17, 15) is 0 Å². The number of nitrogens with zero attached hydrogens (tertiary/aromatic N) is 2. The molecule has 0 heterocycles. The summed E-state index contributed by atoms with van der Waals surface area (Å²) >= 11 is 0. The van der Waals surface area contributed by atoms with Gasteiger partial charge in [0, 0.05) is 33.4 Å². The summed E-state index contributed by atoms with van der Waals surface area (Å²) in [6, 6.07) is 0. The molecule has 0 saturated heterocycles. The lowest BCUT2D eigenvalue weighted by Gasteiger charge is -2.19. The Morgan fingerprint density at radius 3 is 2.35 bits per heavy atom. The molecular weight excluding hydrogens is 333 g/mol. The standard InChI is InChI=1S/C11H25N3O2.HI/c1-4-14(5-2)11(12)13-7-6-8-16-10-9-15-3;/h4-10H2,1-3H3,(H2,12,13);1H. The number of guanidine groups is 1. The van der Waals surface area contributed by atoms with Crippen LogP contribution >= 0.6 is 24.0 Å². The van der Waals surface area contributed by atoms with Gasteiger partial charge in [0.05, 0.1) is 13.2 Å². The predicted molar refractivity (Wildman–Crippen MR) is 82.1 cm³/mol. The molecule has 104 valence electrons. The van der Waals surface area contributed by atoms with Crippen molar-refractivity contribution in [1.29, 1.82) is 0 Å². The zero-order chi connectivity index (χ0) is 12.2. The maximum Gasteiger partial charge on any atom is 0.191 e. The minimum atomic E-state index is 0. The first kappa shape index (κ1) is 19.3. The Morgan fingerprint density at radius 1 is 1.18 bits per heavy atom. The molecule has 2 N–H and O–H groups in total. The van der Waals surface area contributed by atoms with Crippen LogP contribution in [-0.4, -0.2) is 57.4 Å². The molecule has 0 aromatic heterocycles. The third kappa shape index (κ3) is 10.8. The van der Waals surface area contributed by atoms with Gasteiger partial charge < -0.3 is 20.1 Å². The summed E-state index contributed by atoms with van der Waals surface area (Å²) in [6.45, 7) is 8.65. The van der Waals surface area contributed by atoms with Crippen molar-refractivity contribution in [2.45, 2.75) is 20.3 Å². The van der Waals surface area contributed by atoms with Crippen molar-refractivity contribution in [2.24, 2.45) is 10.7 Å². The zero-order valence-electron chi connectivity index (χ0n) is 11.1. The van der Waals surface area contributed by atoms with Crippen molar-refractivity contribution < 1.29 is 9.47 Å². The summed E-state index contributed by atoms with van der Waals surface area (Å²) in [5.74, 6) is 0.627. The monoisotopic (exact) mass is 359 g/mol. The molecule has 0 aliphatic carbocycles. The second kappa shape index (κ2) is 14.0. The molecule has 0 radical (unpaired) electrons. The van der Waals surface area contributed by atoms with E-state index in [-0.39, 0.29) is 24.0 Å². The largest absolute Gasteiger partial charge is 0.382 e. The number of aliphatic imine (C=N–C) groups is 1. The third-order valence-corrected chi connectivity index (χ3v) is 2.24. The number of hydrogen-bond donors (Lipinski definition) is 1. The molecule has 0 aromatic carbocycles. The summed E-state index contributed by atoms with van der Waals surface area (Å²) in [5.41, 5.74) is 5.82. The van der Waals surface area contributed by atoms with Gasteiger partial charge in [-0.15, -0.1) is 24.0 Å². The molecule has 0 unspecified atom stereocenters. The van der Waals surface area contributed by atoms with E-state index in [1.54, 1.807) is 7.11 Å². The number of hydrogen-bond acceptors (Lipinski definition) is 3. The van der Waals surface area contributed by atoms with E-state index < -0.39 is 0 Å². The SMILES string of the molecule is CCN(CC)C(N)=NCCCOCCOC.I. The Kier molecular flexibility index (Phi) is 15.8. The van der Waals surface area contributed by atoms with Crippen molar-refractivity contribution in [3.8, 4) is 0 Å². The summed E-state index contributed by atoms with van der Waals surface area (Å²) in [4.78, 5) is 6.33. The Morgan fingerprint density at radius 2 is 1.82 bits per heavy atom. The Hall–Kier alpha value is -0.0800. The molecule has 6 heteroatoms. The molecule has 0 bridgehead atoms. The molecule has 0 atom stereocenters. The second-order valence-electron chi connectivity index (χ2n) is 3.37. The molecule has 0 aromatic rings. The van der Waals surface area contributed by atoms with E-state index in [0.29, 0.717) is 25.8 Å². The van der Waals surface area contributed by atoms with E-state index in [1.807, 2.05) is 4.90 Å². The average Bonchev–Trinajstić information content (AvgIpc) is 2.29. The van der Waals surface area contributed by atoms with Crippen LogP contribution in [0.25, 0.3) is 0 Å². The Labute approximate surface area is 122 Å². The van der Waals surface area contributed by atoms with Crippen molar-refractivity contribution in [3.63, 3.8) is 0 Å². The van der Waals surface area contributed by atoms with E-state index >= 15 is 0 Å². The lowest BCUT2D eigenvalue weighted by atomic mass is 10.4. The van der Waals surface area contributed by atoms with Gasteiger partial charge in [-0.05, 0) is 20.3 Å². The van der Waals surface area contributed by atoms with Crippen LogP contribution in [0, 0.1) is 0 Å². The number of ether oxygens (including phenoxy) is 2. The van der Waals surface area contributed by atoms with E-state index in [2.05, 4.69) is 18.8 Å². The molecule has 5 nitrogen and oxygen atoms in total. The van der Waals surface area contributed by atoms with Crippen LogP contribution in [0.15, 0.2) is 4.99 Å². The zero-order valence-corrected chi connectivity index (χ0v) is 13.5. The minimum absolute atomic E-state index is 0. The fourth-order valence-electron chi connectivity index (χ4n) is 1.25. The first-order valence-corrected chi connectivity index (χ1v) is 5.87. The van der Waals surface area contributed by atoms with E-state index in [4.69, 9.17) is 15.2 Å². The summed E-state index contributed by atoms with van der Waals surface area (Å²) < 4.78 is 10.2. The number of methoxy groups -OCH3 is 1. The summed E-state index contributed by atoms with van der Waals surface area (Å²) in [5, 5.41) is 0. The first-order valence-electron chi connectivity index (χ1n) is 5.87. The number of halogens is 1. The van der Waals surface area contributed by atoms with Gasteiger partial charge in [0.25, 0.3) is 0 Å². The summed E-state index contributed by atoms with van der Waals surface area (Å²) in [7, 11) is 1.67. The molecule has 0 aliphatic rings. The van der Waals surface area contributed by atoms with Crippen molar-refractivity contribution in [2.75, 3.05) is 46.6 Å². The van der Waals surface area contributed by atoms with Gasteiger partial charge in [0.15, 0.2) is 5.96 Å². The molecule has 0 rings (SSSR count). The van der Waals surface area contributed by atoms with Crippen LogP contribution in [0.2, 0.25) is 0 Å². The molecule has 0 spiro atoms. The fourth-order valence-corrected chi connectivity index (χ4v) is 1.25. The van der Waals surface area contributed by atoms with Crippen LogP contribution in [0.4, 0.5) is 0 Å². The lowest BCUT2D eigenvalue weighted by molar-refractivity contribution is 0.0702. The van der Waals surface area contributed by atoms with Gasteiger partial charge in [-0.25, -0.2) is 0 Å². The average molecular weight is 359 g/mol. The molecule has 0 amide bonds. The topological polar surface area (TPSA) is 60.1 Å². The fraction of sp³-hybridized carbons (Fsp3) is 0.909. The minimum Gasteiger partial charge on any atom is -0.382 e. The molecule has 0 fully saturated rings. The highest BCUT2D eigenvalue weighted by molar-refractivity contribution is 14.0. The van der Waals surface area contributed by atoms with Crippen LogP contribution in [0.5, 0.6) is 0 Å². The molecule has 17 heavy (non-hydrogen) atoms. The van der Waals surface area contributed by atoms with Gasteiger partial charge in [0.1, 0.15) is 0 Å². The van der Waals surface area contributed by atoms with Gasteiger partial charge in [-0.1, -0.05) is 0 Å². The van der Waals surface area contributed by atoms with Gasteiger partial charge in [-0.2, -0.15) is 0 Å². The quantitative estimate of drug-likeness (QED) is 0.292. The smallest absolute Gasteiger partial charge is 0.191 e. The Balaban J connectivity index is 0. The molecule has 0 saturated carbocycles. The predicted octanol–water partition coefficient (Wildman–Crippen LogP) is 1.31. The van der Waals surface area contributed by atoms with Crippen LogP contribution in [0.3, 0.4) is 0 Å². The van der Waals surface area contributed by atoms with Gasteiger partial charge in [-0.3, -0.25) is 4.99 Å². The highest BCUT2D eigenvalue weighted by Gasteiger charge is 2.00. The van der Waals surface area contributed by atoms with E-state index in [0.717, 1.165) is 26.1 Å². The maximum absolute atomic E-state index is 5.82. The third-order valence-electron chi connectivity index (χ3n) is 2.24. The van der Waals surface area contributed by atoms with Crippen molar-refractivity contribution in [1.82, 2.24) is 4.90 Å². The van der Waals surface area contributed by atoms with Crippen molar-refractivity contribution in [3.05, 3.63) is 0 Å². The lowest BCUT2D eigenvalue weighted by Crippen LogP contribution is -2.37. The van der Waals surface area contributed by atoms with Crippen LogP contribution in [0.1, 0.15) is 20.3 Å². The normalized spacial score (nSPS) is 11.1. The van der Waals surface area contributed by atoms with Gasteiger partial charge in [0.2, 0.25) is 0 Å². The molecule has 0 aliphatic heterocycles. The highest BCUT2D eigenvalue weighted by atomic mass is 127. The summed E-state index contributed by atoms with van der Waals surface area (Å²) in [6.07, 6.45) is 0.895.